The fourth-order valence-electron chi connectivity index (χ4n) is 2.26. The van der Waals surface area contributed by atoms with Crippen molar-refractivity contribution in [3.8, 4) is 5.75 Å². The Hall–Kier alpha value is -1.96. The number of hydrogen-bond donors (Lipinski definition) is 0. The number of ether oxygens (including phenoxy) is 2. The van der Waals surface area contributed by atoms with E-state index in [1.807, 2.05) is 0 Å². The Morgan fingerprint density at radius 3 is 2.41 bits per heavy atom. The first-order valence-electron chi connectivity index (χ1n) is 7.96. The lowest BCUT2D eigenvalue weighted by Crippen LogP contribution is -2.37. The van der Waals surface area contributed by atoms with E-state index in [9.17, 15) is 13.2 Å². The topological polar surface area (TPSA) is 72.9 Å². The van der Waals surface area contributed by atoms with E-state index < -0.39 is 22.5 Å². The molecule has 6 nitrogen and oxygen atoms in total. The molecule has 0 atom stereocenters. The van der Waals surface area contributed by atoms with Gasteiger partial charge in [-0.3, -0.25) is 9.10 Å². The molecule has 2 aromatic carbocycles. The molecule has 0 bridgehead atoms. The summed E-state index contributed by atoms with van der Waals surface area (Å²) in [5.41, 5.74) is 0.251. The Labute approximate surface area is 168 Å². The van der Waals surface area contributed by atoms with Crippen molar-refractivity contribution >= 4 is 44.9 Å². The normalized spacial score (nSPS) is 11.3. The van der Waals surface area contributed by atoms with Gasteiger partial charge in [-0.25, -0.2) is 8.42 Å². The molecule has 0 heterocycles. The van der Waals surface area contributed by atoms with Gasteiger partial charge in [-0.1, -0.05) is 29.3 Å². The number of esters is 1. The van der Waals surface area contributed by atoms with Crippen LogP contribution in [0.5, 0.6) is 5.75 Å². The average molecular weight is 432 g/mol. The highest BCUT2D eigenvalue weighted by atomic mass is 35.5. The maximum Gasteiger partial charge on any atom is 0.327 e. The third kappa shape index (κ3) is 5.28. The van der Waals surface area contributed by atoms with Gasteiger partial charge in [-0.05, 0) is 44.2 Å². The molecule has 0 fully saturated rings. The first-order chi connectivity index (χ1) is 12.6. The maximum absolute atomic E-state index is 13.2. The predicted octanol–water partition coefficient (Wildman–Crippen LogP) is 4.15. The van der Waals surface area contributed by atoms with Crippen LogP contribution >= 0.6 is 23.2 Å². The zero-order valence-corrected chi connectivity index (χ0v) is 17.3. The number of halogens is 2. The smallest absolute Gasteiger partial charge is 0.327 e. The average Bonchev–Trinajstić information content (AvgIpc) is 2.61. The van der Waals surface area contributed by atoms with Gasteiger partial charge in [0, 0.05) is 6.07 Å². The molecule has 2 aromatic rings. The van der Waals surface area contributed by atoms with Crippen molar-refractivity contribution in [2.24, 2.45) is 0 Å². The summed E-state index contributed by atoms with van der Waals surface area (Å²) in [6.45, 7) is 2.86. The van der Waals surface area contributed by atoms with Crippen molar-refractivity contribution in [3.05, 3.63) is 52.5 Å². The zero-order chi connectivity index (χ0) is 20.2. The van der Waals surface area contributed by atoms with Crippen molar-refractivity contribution in [3.63, 3.8) is 0 Å². The molecule has 0 saturated carbocycles. The second-order valence-electron chi connectivity index (χ2n) is 5.83. The number of sulfonamides is 1. The number of nitrogens with zero attached hydrogens (tertiary/aromatic N) is 1. The van der Waals surface area contributed by atoms with E-state index in [1.54, 1.807) is 32.0 Å². The Balaban J connectivity index is 2.52. The summed E-state index contributed by atoms with van der Waals surface area (Å²) in [6.07, 6.45) is -0.377. The van der Waals surface area contributed by atoms with E-state index >= 15 is 0 Å². The Morgan fingerprint density at radius 1 is 1.11 bits per heavy atom. The molecule has 0 radical (unpaired) electrons. The van der Waals surface area contributed by atoms with Gasteiger partial charge >= 0.3 is 5.97 Å². The van der Waals surface area contributed by atoms with Crippen molar-refractivity contribution in [2.45, 2.75) is 24.8 Å². The lowest BCUT2D eigenvalue weighted by Gasteiger charge is -2.24. The van der Waals surface area contributed by atoms with Crippen LogP contribution in [-0.4, -0.2) is 34.1 Å². The number of methoxy groups -OCH3 is 1. The monoisotopic (exact) mass is 431 g/mol. The predicted molar refractivity (Wildman–Crippen MR) is 105 cm³/mol. The third-order valence-corrected chi connectivity index (χ3v) is 5.97. The minimum absolute atomic E-state index is 0.0908. The van der Waals surface area contributed by atoms with Gasteiger partial charge in [0.2, 0.25) is 0 Å². The molecule has 0 N–H and O–H groups in total. The number of carbonyl (C=O) groups is 1. The van der Waals surface area contributed by atoms with E-state index in [0.717, 1.165) is 4.31 Å². The number of carbonyl (C=O) groups excluding carboxylic acids is 1. The SMILES string of the molecule is COc1cccc(N(CC(=O)OC(C)C)S(=O)(=O)c2ccc(Cl)c(Cl)c2)c1. The summed E-state index contributed by atoms with van der Waals surface area (Å²) in [7, 11) is -2.65. The Kier molecular flexibility index (Phi) is 6.97. The molecule has 2 rings (SSSR count). The quantitative estimate of drug-likeness (QED) is 0.615. The number of rotatable bonds is 7. The first kappa shape index (κ1) is 21.3. The molecule has 0 aliphatic heterocycles. The molecule has 0 unspecified atom stereocenters. The van der Waals surface area contributed by atoms with Crippen molar-refractivity contribution in [2.75, 3.05) is 18.0 Å². The van der Waals surface area contributed by atoms with Gasteiger partial charge in [-0.2, -0.15) is 0 Å². The summed E-state index contributed by atoms with van der Waals surface area (Å²) in [5, 5.41) is 0.316. The van der Waals surface area contributed by atoms with Gasteiger partial charge in [0.25, 0.3) is 10.0 Å². The van der Waals surface area contributed by atoms with E-state index in [0.29, 0.717) is 5.75 Å². The second kappa shape index (κ2) is 8.82. The molecular formula is C18H19Cl2NO5S. The Bertz CT molecular complexity index is 931. The van der Waals surface area contributed by atoms with Crippen LogP contribution in [0, 0.1) is 0 Å². The summed E-state index contributed by atoms with van der Waals surface area (Å²) in [6, 6.07) is 10.3. The van der Waals surface area contributed by atoms with Crippen molar-refractivity contribution < 1.29 is 22.7 Å². The number of hydrogen-bond acceptors (Lipinski definition) is 5. The largest absolute Gasteiger partial charge is 0.497 e. The van der Waals surface area contributed by atoms with Gasteiger partial charge < -0.3 is 9.47 Å². The third-order valence-electron chi connectivity index (χ3n) is 3.46. The minimum atomic E-state index is -4.12. The van der Waals surface area contributed by atoms with Crippen LogP contribution in [0.15, 0.2) is 47.4 Å². The zero-order valence-electron chi connectivity index (χ0n) is 15.0. The lowest BCUT2D eigenvalue weighted by atomic mass is 10.3. The molecule has 0 aromatic heterocycles. The standard InChI is InChI=1S/C18H19Cl2NO5S/c1-12(2)26-18(22)11-21(13-5-4-6-14(9-13)25-3)27(23,24)15-7-8-16(19)17(20)10-15/h4-10,12H,11H2,1-3H3. The molecule has 27 heavy (non-hydrogen) atoms. The van der Waals surface area contributed by atoms with E-state index in [2.05, 4.69) is 0 Å². The summed E-state index contributed by atoms with van der Waals surface area (Å²) in [4.78, 5) is 12.1. The fraction of sp³-hybridized carbons (Fsp3) is 0.278. The van der Waals surface area contributed by atoms with Crippen molar-refractivity contribution in [1.29, 1.82) is 0 Å². The van der Waals surface area contributed by atoms with Crippen LogP contribution in [0.3, 0.4) is 0 Å². The van der Waals surface area contributed by atoms with Crippen LogP contribution in [0.4, 0.5) is 5.69 Å². The van der Waals surface area contributed by atoms with Crippen LogP contribution in [-0.2, 0) is 19.6 Å². The lowest BCUT2D eigenvalue weighted by molar-refractivity contribution is -0.145. The van der Waals surface area contributed by atoms with Gasteiger partial charge in [-0.15, -0.1) is 0 Å². The molecule has 9 heteroatoms. The molecule has 0 aliphatic carbocycles. The summed E-state index contributed by atoms with van der Waals surface area (Å²) >= 11 is 11.8. The molecule has 0 amide bonds. The molecule has 0 aliphatic rings. The number of benzene rings is 2. The van der Waals surface area contributed by atoms with E-state index in [1.165, 1.54) is 31.4 Å². The minimum Gasteiger partial charge on any atom is -0.497 e. The van der Waals surface area contributed by atoms with E-state index in [-0.39, 0.29) is 26.7 Å². The second-order valence-corrected chi connectivity index (χ2v) is 8.50. The van der Waals surface area contributed by atoms with Gasteiger partial charge in [0.05, 0.1) is 33.8 Å². The highest BCUT2D eigenvalue weighted by Crippen LogP contribution is 2.30. The Morgan fingerprint density at radius 2 is 1.81 bits per heavy atom. The summed E-state index contributed by atoms with van der Waals surface area (Å²) < 4.78 is 37.6. The maximum atomic E-state index is 13.2. The molecule has 0 spiro atoms. The molecule has 146 valence electrons. The molecular weight excluding hydrogens is 413 g/mol. The molecule has 0 saturated heterocycles. The van der Waals surface area contributed by atoms with E-state index in [4.69, 9.17) is 32.7 Å². The van der Waals surface area contributed by atoms with Crippen LogP contribution < -0.4 is 9.04 Å². The number of anilines is 1. The van der Waals surface area contributed by atoms with Crippen LogP contribution in [0.2, 0.25) is 10.0 Å². The van der Waals surface area contributed by atoms with Crippen LogP contribution in [0.1, 0.15) is 13.8 Å². The van der Waals surface area contributed by atoms with Gasteiger partial charge in [0.15, 0.2) is 0 Å². The highest BCUT2D eigenvalue weighted by molar-refractivity contribution is 7.92. The van der Waals surface area contributed by atoms with Crippen LogP contribution in [0.25, 0.3) is 0 Å². The van der Waals surface area contributed by atoms with Gasteiger partial charge in [0.1, 0.15) is 12.3 Å². The summed E-state index contributed by atoms with van der Waals surface area (Å²) in [5.74, 6) is -0.240. The highest BCUT2D eigenvalue weighted by Gasteiger charge is 2.29. The van der Waals surface area contributed by atoms with Crippen molar-refractivity contribution in [1.82, 2.24) is 0 Å². The first-order valence-corrected chi connectivity index (χ1v) is 10.2. The fourth-order valence-corrected chi connectivity index (χ4v) is 4.05.